The molecule has 1 saturated heterocycles. The summed E-state index contributed by atoms with van der Waals surface area (Å²) in [7, 11) is -3.95. The molecule has 2 atom stereocenters. The molecule has 8 nitrogen and oxygen atoms in total. The number of aliphatic hydroxyl groups is 1. The molecule has 3 rings (SSSR count). The molecule has 0 unspecified atom stereocenters. The normalized spacial score (nSPS) is 22.0. The fourth-order valence-corrected chi connectivity index (χ4v) is 3.92. The zero-order valence-electron chi connectivity index (χ0n) is 12.9. The second-order valence-electron chi connectivity index (χ2n) is 5.42. The highest BCUT2D eigenvalue weighted by atomic mass is 32.2. The van der Waals surface area contributed by atoms with Crippen LogP contribution in [0.4, 0.5) is 4.39 Å². The van der Waals surface area contributed by atoms with Crippen LogP contribution in [0.1, 0.15) is 6.92 Å². The minimum Gasteiger partial charge on any atom is -0.483 e. The van der Waals surface area contributed by atoms with Gasteiger partial charge < -0.3 is 9.84 Å². The van der Waals surface area contributed by atoms with Crippen molar-refractivity contribution in [2.75, 3.05) is 13.1 Å². The van der Waals surface area contributed by atoms with Crippen LogP contribution in [0, 0.1) is 5.82 Å². The van der Waals surface area contributed by atoms with Crippen molar-refractivity contribution in [3.63, 3.8) is 0 Å². The number of β-amino-alcohol motifs (C(OH)–C–C–N with tert-alkyl or cyclic N) is 1. The lowest BCUT2D eigenvalue weighted by Crippen LogP contribution is -2.31. The zero-order chi connectivity index (χ0) is 17.3. The smallest absolute Gasteiger partial charge is 0.244 e. The molecule has 1 aliphatic rings. The van der Waals surface area contributed by atoms with E-state index in [0.29, 0.717) is 12.3 Å². The molecule has 2 aromatic rings. The van der Waals surface area contributed by atoms with E-state index in [9.17, 15) is 17.9 Å². The monoisotopic (exact) mass is 356 g/mol. The molecule has 1 N–H and O–H groups in total. The third kappa shape index (κ3) is 3.25. The van der Waals surface area contributed by atoms with Crippen LogP contribution in [-0.2, 0) is 16.6 Å². The molecule has 1 fully saturated rings. The van der Waals surface area contributed by atoms with E-state index in [0.717, 1.165) is 22.8 Å². The summed E-state index contributed by atoms with van der Waals surface area (Å²) in [6, 6.07) is 0.897. The van der Waals surface area contributed by atoms with Crippen LogP contribution in [-0.4, -0.2) is 57.9 Å². The first-order valence-corrected chi connectivity index (χ1v) is 8.82. The highest BCUT2D eigenvalue weighted by molar-refractivity contribution is 7.89. The zero-order valence-corrected chi connectivity index (χ0v) is 13.7. The molecule has 1 aliphatic heterocycles. The quantitative estimate of drug-likeness (QED) is 0.825. The summed E-state index contributed by atoms with van der Waals surface area (Å²) in [5.74, 6) is -0.289. The van der Waals surface area contributed by atoms with Crippen molar-refractivity contribution in [3.05, 3.63) is 36.7 Å². The number of ether oxygens (including phenoxy) is 1. The average Bonchev–Trinajstić information content (AvgIpc) is 3.15. The Morgan fingerprint density at radius 2 is 2.17 bits per heavy atom. The summed E-state index contributed by atoms with van der Waals surface area (Å²) in [6.45, 7) is 2.41. The number of hydrogen-bond acceptors (Lipinski definition) is 6. The number of aryl methyl sites for hydroxylation is 1. The van der Waals surface area contributed by atoms with Gasteiger partial charge in [0.05, 0.1) is 25.1 Å². The molecule has 3 heterocycles. The highest BCUT2D eigenvalue weighted by Crippen LogP contribution is 2.24. The number of rotatable bonds is 5. The van der Waals surface area contributed by atoms with Gasteiger partial charge in [-0.1, -0.05) is 0 Å². The molecule has 10 heteroatoms. The number of pyridine rings is 1. The molecular weight excluding hydrogens is 339 g/mol. The van der Waals surface area contributed by atoms with Crippen LogP contribution in [0.3, 0.4) is 0 Å². The summed E-state index contributed by atoms with van der Waals surface area (Å²) in [6.07, 6.45) is 3.45. The van der Waals surface area contributed by atoms with E-state index >= 15 is 0 Å². The Balaban J connectivity index is 1.75. The first-order chi connectivity index (χ1) is 11.4. The van der Waals surface area contributed by atoms with E-state index in [1.54, 1.807) is 10.9 Å². The molecule has 0 radical (unpaired) electrons. The van der Waals surface area contributed by atoms with E-state index in [1.807, 2.05) is 6.92 Å². The fourth-order valence-electron chi connectivity index (χ4n) is 2.47. The second-order valence-corrected chi connectivity index (χ2v) is 7.35. The molecule has 0 amide bonds. The lowest BCUT2D eigenvalue weighted by Gasteiger charge is -2.16. The molecule has 0 aromatic carbocycles. The van der Waals surface area contributed by atoms with E-state index < -0.39 is 28.0 Å². The molecular formula is C14H17FN4O4S. The topological polar surface area (TPSA) is 97.6 Å². The van der Waals surface area contributed by atoms with Gasteiger partial charge in [0.15, 0.2) is 5.75 Å². The molecule has 2 aromatic heterocycles. The van der Waals surface area contributed by atoms with Crippen LogP contribution in [0.2, 0.25) is 0 Å². The Hall–Kier alpha value is -2.04. The van der Waals surface area contributed by atoms with Crippen molar-refractivity contribution in [1.29, 1.82) is 0 Å². The minimum absolute atomic E-state index is 0.0443. The summed E-state index contributed by atoms with van der Waals surface area (Å²) in [4.78, 5) is 3.30. The van der Waals surface area contributed by atoms with Gasteiger partial charge in [0.2, 0.25) is 10.0 Å². The largest absolute Gasteiger partial charge is 0.483 e. The van der Waals surface area contributed by atoms with Crippen molar-refractivity contribution in [2.45, 2.75) is 30.6 Å². The van der Waals surface area contributed by atoms with Crippen molar-refractivity contribution in [1.82, 2.24) is 19.1 Å². The first kappa shape index (κ1) is 16.8. The Bertz CT molecular complexity index is 826. The van der Waals surface area contributed by atoms with Gasteiger partial charge in [-0.15, -0.1) is 0 Å². The van der Waals surface area contributed by atoms with E-state index in [2.05, 4.69) is 10.1 Å². The van der Waals surface area contributed by atoms with Crippen LogP contribution in [0.5, 0.6) is 5.75 Å². The van der Waals surface area contributed by atoms with Gasteiger partial charge in [-0.3, -0.25) is 9.67 Å². The number of sulfonamides is 1. The summed E-state index contributed by atoms with van der Waals surface area (Å²) in [5.41, 5.74) is 0. The molecule has 0 bridgehead atoms. The highest BCUT2D eigenvalue weighted by Gasteiger charge is 2.40. The number of aliphatic hydroxyl groups excluding tert-OH is 1. The van der Waals surface area contributed by atoms with Gasteiger partial charge in [-0.2, -0.15) is 9.40 Å². The van der Waals surface area contributed by atoms with Gasteiger partial charge in [0.25, 0.3) is 0 Å². The second kappa shape index (κ2) is 6.46. The van der Waals surface area contributed by atoms with Gasteiger partial charge >= 0.3 is 0 Å². The molecule has 130 valence electrons. The lowest BCUT2D eigenvalue weighted by molar-refractivity contribution is 0.0736. The van der Waals surface area contributed by atoms with Crippen molar-refractivity contribution >= 4 is 10.0 Å². The number of halogens is 1. The van der Waals surface area contributed by atoms with Crippen molar-refractivity contribution < 1.29 is 22.7 Å². The summed E-state index contributed by atoms with van der Waals surface area (Å²) in [5, 5.41) is 14.2. The average molecular weight is 356 g/mol. The number of hydrogen-bond donors (Lipinski definition) is 1. The molecule has 0 spiro atoms. The summed E-state index contributed by atoms with van der Waals surface area (Å²) >= 11 is 0. The molecule has 0 saturated carbocycles. The Kier molecular flexibility index (Phi) is 4.52. The standard InChI is InChI=1S/C14H17FN4O4S/c1-2-18-7-11(5-17-18)23-14-9-19(8-13(14)20)24(21,22)12-3-10(15)4-16-6-12/h3-7,13-14,20H,2,8-9H2,1H3/t13-,14-/m1/s1. The van der Waals surface area contributed by atoms with E-state index in [-0.39, 0.29) is 18.0 Å². The van der Waals surface area contributed by atoms with Gasteiger partial charge in [0, 0.05) is 19.3 Å². The Morgan fingerprint density at radius 3 is 2.83 bits per heavy atom. The number of aromatic nitrogens is 3. The fraction of sp³-hybridized carbons (Fsp3) is 0.429. The lowest BCUT2D eigenvalue weighted by atomic mass is 10.3. The van der Waals surface area contributed by atoms with Gasteiger partial charge in [-0.25, -0.2) is 12.8 Å². The van der Waals surface area contributed by atoms with Crippen LogP contribution >= 0.6 is 0 Å². The maximum atomic E-state index is 13.2. The number of nitrogens with zero attached hydrogens (tertiary/aromatic N) is 4. The van der Waals surface area contributed by atoms with E-state index in [4.69, 9.17) is 4.74 Å². The first-order valence-electron chi connectivity index (χ1n) is 7.38. The molecule has 24 heavy (non-hydrogen) atoms. The van der Waals surface area contributed by atoms with Crippen LogP contribution in [0.25, 0.3) is 0 Å². The van der Waals surface area contributed by atoms with Gasteiger partial charge in [-0.05, 0) is 13.0 Å². The predicted octanol–water partition coefficient (Wildman–Crippen LogP) is 0.250. The van der Waals surface area contributed by atoms with E-state index in [1.165, 1.54) is 6.20 Å². The van der Waals surface area contributed by atoms with Crippen molar-refractivity contribution in [3.8, 4) is 5.75 Å². The Morgan fingerprint density at radius 1 is 1.38 bits per heavy atom. The molecule has 0 aliphatic carbocycles. The maximum Gasteiger partial charge on any atom is 0.244 e. The third-order valence-electron chi connectivity index (χ3n) is 3.74. The van der Waals surface area contributed by atoms with Crippen LogP contribution < -0.4 is 4.74 Å². The predicted molar refractivity (Wildman–Crippen MR) is 81.3 cm³/mol. The maximum absolute atomic E-state index is 13.2. The van der Waals surface area contributed by atoms with Crippen LogP contribution in [0.15, 0.2) is 35.7 Å². The SMILES string of the molecule is CCn1cc(O[C@@H]2CN(S(=O)(=O)c3cncc(F)c3)C[C@H]2O)cn1. The van der Waals surface area contributed by atoms with Crippen molar-refractivity contribution in [2.24, 2.45) is 0 Å². The summed E-state index contributed by atoms with van der Waals surface area (Å²) < 4.78 is 46.6. The minimum atomic E-state index is -3.95. The Labute approximate surface area is 138 Å². The third-order valence-corrected chi connectivity index (χ3v) is 5.54. The van der Waals surface area contributed by atoms with Gasteiger partial charge in [0.1, 0.15) is 22.9 Å².